The SMILES string of the molecule is COc1c(C(=O)N2CCC(Cc3ccccc3)CC2)ccc2[nH]ccc12.COc1cc2[nH]ccc2cc1C(=O)N1CCC(Cc2ccccc2)CC1. The number of methoxy groups -OCH3 is 2. The summed E-state index contributed by atoms with van der Waals surface area (Å²) in [7, 11) is 3.25. The third kappa shape index (κ3) is 7.86. The number of carbonyl (C=O) groups excluding carboxylic acids is 2. The molecular weight excluding hydrogens is 649 g/mol. The molecule has 2 saturated heterocycles. The van der Waals surface area contributed by atoms with Crippen molar-refractivity contribution in [1.29, 1.82) is 0 Å². The van der Waals surface area contributed by atoms with Crippen molar-refractivity contribution in [3.63, 3.8) is 0 Å². The fourth-order valence-corrected chi connectivity index (χ4v) is 7.83. The first-order valence-corrected chi connectivity index (χ1v) is 18.5. The number of carbonyl (C=O) groups is 2. The molecule has 8 nitrogen and oxygen atoms in total. The summed E-state index contributed by atoms with van der Waals surface area (Å²) in [6.07, 6.45) is 10.2. The Hall–Kier alpha value is -5.50. The van der Waals surface area contributed by atoms with Crippen molar-refractivity contribution in [3.8, 4) is 11.5 Å². The monoisotopic (exact) mass is 696 g/mol. The van der Waals surface area contributed by atoms with Crippen LogP contribution in [0.4, 0.5) is 0 Å². The molecule has 4 aromatic carbocycles. The molecule has 0 radical (unpaired) electrons. The molecule has 4 heterocycles. The number of aromatic nitrogens is 2. The first-order chi connectivity index (χ1) is 25.5. The largest absolute Gasteiger partial charge is 0.496 e. The minimum atomic E-state index is 0.0723. The zero-order valence-electron chi connectivity index (χ0n) is 30.1. The Morgan fingerprint density at radius 3 is 1.71 bits per heavy atom. The Bertz CT molecular complexity index is 2020. The Balaban J connectivity index is 0.000000162. The van der Waals surface area contributed by atoms with E-state index in [9.17, 15) is 9.59 Å². The number of fused-ring (bicyclic) bond motifs is 2. The van der Waals surface area contributed by atoms with E-state index in [1.165, 1.54) is 11.1 Å². The van der Waals surface area contributed by atoms with E-state index in [0.29, 0.717) is 34.5 Å². The summed E-state index contributed by atoms with van der Waals surface area (Å²) >= 11 is 0. The van der Waals surface area contributed by atoms with Crippen LogP contribution in [0.3, 0.4) is 0 Å². The number of amides is 2. The molecule has 8 heteroatoms. The van der Waals surface area contributed by atoms with Gasteiger partial charge >= 0.3 is 0 Å². The van der Waals surface area contributed by atoms with Crippen molar-refractivity contribution in [2.24, 2.45) is 11.8 Å². The lowest BCUT2D eigenvalue weighted by Gasteiger charge is -2.32. The van der Waals surface area contributed by atoms with Gasteiger partial charge in [0.05, 0.1) is 25.3 Å². The van der Waals surface area contributed by atoms with Gasteiger partial charge in [-0.05, 0) is 91.8 Å². The molecule has 0 atom stereocenters. The van der Waals surface area contributed by atoms with Gasteiger partial charge in [0.2, 0.25) is 0 Å². The molecule has 0 bridgehead atoms. The number of likely N-dealkylation sites (tertiary alicyclic amines) is 2. The van der Waals surface area contributed by atoms with E-state index in [4.69, 9.17) is 9.47 Å². The molecule has 0 unspecified atom stereocenters. The van der Waals surface area contributed by atoms with Gasteiger partial charge in [-0.1, -0.05) is 60.7 Å². The summed E-state index contributed by atoms with van der Waals surface area (Å²) in [5.41, 5.74) is 6.05. The van der Waals surface area contributed by atoms with Gasteiger partial charge in [-0.3, -0.25) is 9.59 Å². The van der Waals surface area contributed by atoms with Crippen LogP contribution >= 0.6 is 0 Å². The first-order valence-electron chi connectivity index (χ1n) is 18.5. The van der Waals surface area contributed by atoms with Crippen LogP contribution in [-0.2, 0) is 12.8 Å². The standard InChI is InChI=1S/2C22H24N2O2/c1-26-21-15-20-18(7-10-23-20)14-19(21)22(25)24-11-8-17(9-12-24)13-16-5-3-2-4-6-16;1-26-21-18-9-12-23-20(18)8-7-19(21)22(25)24-13-10-17(11-14-24)15-16-5-3-2-4-6-16/h2-7,10,14-15,17,23H,8-9,11-13H2,1H3;2-9,12,17,23H,10-11,13-15H2,1H3. The second kappa shape index (κ2) is 16.2. The minimum Gasteiger partial charge on any atom is -0.496 e. The summed E-state index contributed by atoms with van der Waals surface area (Å²) in [4.78, 5) is 36.4. The normalized spacial score (nSPS) is 15.3. The Labute approximate surface area is 305 Å². The number of nitrogens with one attached hydrogen (secondary N) is 2. The molecular formula is C44H48N4O4. The fourth-order valence-electron chi connectivity index (χ4n) is 7.83. The molecule has 6 aromatic rings. The number of ether oxygens (including phenoxy) is 2. The molecule has 268 valence electrons. The van der Waals surface area contributed by atoms with Crippen molar-refractivity contribution in [1.82, 2.24) is 19.8 Å². The number of rotatable bonds is 8. The van der Waals surface area contributed by atoms with E-state index in [0.717, 1.165) is 86.5 Å². The van der Waals surface area contributed by atoms with Crippen LogP contribution in [0.15, 0.2) is 109 Å². The van der Waals surface area contributed by atoms with E-state index in [1.54, 1.807) is 14.2 Å². The number of hydrogen-bond acceptors (Lipinski definition) is 4. The maximum absolute atomic E-state index is 13.0. The number of benzene rings is 4. The van der Waals surface area contributed by atoms with E-state index >= 15 is 0 Å². The highest BCUT2D eigenvalue weighted by Gasteiger charge is 2.28. The number of nitrogens with zero attached hydrogens (tertiary/aromatic N) is 2. The van der Waals surface area contributed by atoms with Crippen LogP contribution in [0.1, 0.15) is 57.5 Å². The highest BCUT2D eigenvalue weighted by Crippen LogP contribution is 2.32. The number of aromatic amines is 2. The zero-order chi connectivity index (χ0) is 35.9. The highest BCUT2D eigenvalue weighted by atomic mass is 16.5. The zero-order valence-corrected chi connectivity index (χ0v) is 30.1. The Kier molecular flexibility index (Phi) is 10.9. The second-order valence-electron chi connectivity index (χ2n) is 14.1. The average Bonchev–Trinajstić information content (AvgIpc) is 3.88. The molecule has 2 amide bonds. The first kappa shape index (κ1) is 34.9. The molecule has 2 aliphatic heterocycles. The molecule has 2 aliphatic rings. The van der Waals surface area contributed by atoms with Crippen LogP contribution < -0.4 is 9.47 Å². The number of H-pyrrole nitrogens is 2. The van der Waals surface area contributed by atoms with Gasteiger partial charge in [-0.2, -0.15) is 0 Å². The average molecular weight is 697 g/mol. The quantitative estimate of drug-likeness (QED) is 0.167. The van der Waals surface area contributed by atoms with Gasteiger partial charge in [-0.25, -0.2) is 0 Å². The van der Waals surface area contributed by atoms with Gasteiger partial charge in [0.15, 0.2) is 0 Å². The van der Waals surface area contributed by atoms with Crippen molar-refractivity contribution in [2.45, 2.75) is 38.5 Å². The molecule has 0 spiro atoms. The van der Waals surface area contributed by atoms with E-state index in [-0.39, 0.29) is 11.8 Å². The Morgan fingerprint density at radius 2 is 1.15 bits per heavy atom. The van der Waals surface area contributed by atoms with Gasteiger partial charge < -0.3 is 29.2 Å². The van der Waals surface area contributed by atoms with Crippen LogP contribution in [0.2, 0.25) is 0 Å². The van der Waals surface area contributed by atoms with Crippen molar-refractivity contribution >= 4 is 33.6 Å². The summed E-state index contributed by atoms with van der Waals surface area (Å²) in [6.45, 7) is 3.24. The molecule has 2 aromatic heterocycles. The van der Waals surface area contributed by atoms with Crippen molar-refractivity contribution in [2.75, 3.05) is 40.4 Å². The maximum atomic E-state index is 13.0. The molecule has 2 fully saturated rings. The van der Waals surface area contributed by atoms with Crippen molar-refractivity contribution < 1.29 is 19.1 Å². The predicted octanol–water partition coefficient (Wildman–Crippen LogP) is 8.54. The van der Waals surface area contributed by atoms with E-state index in [2.05, 4.69) is 70.6 Å². The highest BCUT2D eigenvalue weighted by molar-refractivity contribution is 6.03. The third-order valence-electron chi connectivity index (χ3n) is 10.8. The number of piperidine rings is 2. The smallest absolute Gasteiger partial charge is 0.257 e. The van der Waals surface area contributed by atoms with Gasteiger partial charge in [0.1, 0.15) is 11.5 Å². The van der Waals surface area contributed by atoms with Crippen LogP contribution in [0, 0.1) is 11.8 Å². The third-order valence-corrected chi connectivity index (χ3v) is 10.8. The lowest BCUT2D eigenvalue weighted by molar-refractivity contribution is 0.0679. The van der Waals surface area contributed by atoms with Crippen LogP contribution in [0.25, 0.3) is 21.8 Å². The van der Waals surface area contributed by atoms with Crippen molar-refractivity contribution in [3.05, 3.63) is 132 Å². The molecule has 2 N–H and O–H groups in total. The van der Waals surface area contributed by atoms with Crippen LogP contribution in [0.5, 0.6) is 11.5 Å². The van der Waals surface area contributed by atoms with Gasteiger partial charge in [0, 0.05) is 66.4 Å². The lowest BCUT2D eigenvalue weighted by atomic mass is 9.90. The van der Waals surface area contributed by atoms with Gasteiger partial charge in [-0.15, -0.1) is 0 Å². The summed E-state index contributed by atoms with van der Waals surface area (Å²) < 4.78 is 11.0. The minimum absolute atomic E-state index is 0.0723. The lowest BCUT2D eigenvalue weighted by Crippen LogP contribution is -2.39. The topological polar surface area (TPSA) is 90.7 Å². The molecule has 0 saturated carbocycles. The number of hydrogen-bond donors (Lipinski definition) is 2. The second-order valence-corrected chi connectivity index (χ2v) is 14.1. The molecule has 52 heavy (non-hydrogen) atoms. The summed E-state index contributed by atoms with van der Waals surface area (Å²) in [6, 6.07) is 32.8. The molecule has 8 rings (SSSR count). The Morgan fingerprint density at radius 1 is 0.615 bits per heavy atom. The van der Waals surface area contributed by atoms with E-state index in [1.807, 2.05) is 58.6 Å². The summed E-state index contributed by atoms with van der Waals surface area (Å²) in [5, 5.41) is 1.99. The molecule has 0 aliphatic carbocycles. The van der Waals surface area contributed by atoms with Crippen LogP contribution in [-0.4, -0.2) is 72.0 Å². The van der Waals surface area contributed by atoms with E-state index < -0.39 is 0 Å². The predicted molar refractivity (Wildman–Crippen MR) is 207 cm³/mol. The summed E-state index contributed by atoms with van der Waals surface area (Å²) in [5.74, 6) is 2.74. The maximum Gasteiger partial charge on any atom is 0.257 e. The van der Waals surface area contributed by atoms with Gasteiger partial charge in [0.25, 0.3) is 11.8 Å². The fraction of sp³-hybridized carbons (Fsp3) is 0.318.